The van der Waals surface area contributed by atoms with E-state index in [-0.39, 0.29) is 16.9 Å². The van der Waals surface area contributed by atoms with E-state index < -0.39 is 6.04 Å². The van der Waals surface area contributed by atoms with Crippen LogP contribution in [0.15, 0.2) is 71.9 Å². The van der Waals surface area contributed by atoms with Crippen LogP contribution in [0.4, 0.5) is 11.4 Å². The van der Waals surface area contributed by atoms with Crippen LogP contribution < -0.4 is 10.6 Å². The molecule has 0 amide bonds. The highest BCUT2D eigenvalue weighted by Gasteiger charge is 2.39. The molecule has 2 aliphatic rings. The number of fused-ring (bicyclic) bond motifs is 2. The standard InChI is InChI=1S/C25H24N2O2/c1-25(2)13-19-23(21(29)14-25)24(27-18-10-6-5-9-17(18)26-19)22-16-8-4-3-7-15(16)11-12-20(22)28/h3-12,24,26-28H,13-14H2,1-2H3/t24-/m0/s1. The van der Waals surface area contributed by atoms with Crippen molar-refractivity contribution in [3.05, 3.63) is 77.5 Å². The number of phenols is 1. The van der Waals surface area contributed by atoms with E-state index in [0.29, 0.717) is 6.42 Å². The molecule has 0 saturated heterocycles. The van der Waals surface area contributed by atoms with E-state index in [0.717, 1.165) is 45.4 Å². The summed E-state index contributed by atoms with van der Waals surface area (Å²) in [5.41, 5.74) is 4.20. The van der Waals surface area contributed by atoms with Crippen LogP contribution in [0.2, 0.25) is 0 Å². The minimum absolute atomic E-state index is 0.104. The van der Waals surface area contributed by atoms with Crippen molar-refractivity contribution in [2.75, 3.05) is 10.6 Å². The van der Waals surface area contributed by atoms with Gasteiger partial charge in [0.25, 0.3) is 0 Å². The van der Waals surface area contributed by atoms with E-state index >= 15 is 0 Å². The van der Waals surface area contributed by atoms with Crippen LogP contribution in [0.5, 0.6) is 5.75 Å². The van der Waals surface area contributed by atoms with Crippen LogP contribution in [0.25, 0.3) is 10.8 Å². The van der Waals surface area contributed by atoms with Crippen molar-refractivity contribution in [1.29, 1.82) is 0 Å². The number of para-hydroxylation sites is 2. The topological polar surface area (TPSA) is 61.4 Å². The summed E-state index contributed by atoms with van der Waals surface area (Å²) in [5, 5.41) is 20.0. The highest BCUT2D eigenvalue weighted by atomic mass is 16.3. The summed E-state index contributed by atoms with van der Waals surface area (Å²) >= 11 is 0. The molecule has 0 bridgehead atoms. The SMILES string of the molecule is CC1(C)CC(=O)C2=C(C1)Nc1ccccc1N[C@H]2c1c(O)ccc2ccccc12. The van der Waals surface area contributed by atoms with E-state index in [2.05, 4.69) is 24.5 Å². The molecule has 3 N–H and O–H groups in total. The lowest BCUT2D eigenvalue weighted by Gasteiger charge is -2.34. The summed E-state index contributed by atoms with van der Waals surface area (Å²) in [6.07, 6.45) is 1.28. The Labute approximate surface area is 170 Å². The average molecular weight is 384 g/mol. The van der Waals surface area contributed by atoms with Gasteiger partial charge in [-0.15, -0.1) is 0 Å². The van der Waals surface area contributed by atoms with Gasteiger partial charge in [0, 0.05) is 23.3 Å². The number of hydrogen-bond acceptors (Lipinski definition) is 4. The highest BCUT2D eigenvalue weighted by Crippen LogP contribution is 2.48. The zero-order chi connectivity index (χ0) is 20.2. The molecule has 0 spiro atoms. The Morgan fingerprint density at radius 1 is 0.931 bits per heavy atom. The van der Waals surface area contributed by atoms with Gasteiger partial charge in [-0.05, 0) is 40.8 Å². The van der Waals surface area contributed by atoms with Gasteiger partial charge in [0.2, 0.25) is 0 Å². The van der Waals surface area contributed by atoms with Crippen molar-refractivity contribution < 1.29 is 9.90 Å². The zero-order valence-corrected chi connectivity index (χ0v) is 16.6. The number of ketones is 1. The number of carbonyl (C=O) groups is 1. The molecule has 4 heteroatoms. The lowest BCUT2D eigenvalue weighted by atomic mass is 9.73. The van der Waals surface area contributed by atoms with Gasteiger partial charge < -0.3 is 15.7 Å². The van der Waals surface area contributed by atoms with Crippen molar-refractivity contribution in [1.82, 2.24) is 0 Å². The summed E-state index contributed by atoms with van der Waals surface area (Å²) in [4.78, 5) is 13.4. The molecule has 0 fully saturated rings. The van der Waals surface area contributed by atoms with Gasteiger partial charge in [-0.3, -0.25) is 4.79 Å². The predicted molar refractivity (Wildman–Crippen MR) is 117 cm³/mol. The largest absolute Gasteiger partial charge is 0.508 e. The number of benzene rings is 3. The van der Waals surface area contributed by atoms with E-state index in [4.69, 9.17) is 0 Å². The van der Waals surface area contributed by atoms with Gasteiger partial charge in [-0.25, -0.2) is 0 Å². The first kappa shape index (κ1) is 17.8. The average Bonchev–Trinajstić information content (AvgIpc) is 2.83. The Kier molecular flexibility index (Phi) is 3.91. The molecule has 29 heavy (non-hydrogen) atoms. The summed E-state index contributed by atoms with van der Waals surface area (Å²) in [6, 6.07) is 19.2. The number of allylic oxidation sites excluding steroid dienone is 1. The first-order valence-electron chi connectivity index (χ1n) is 10.0. The Bertz CT molecular complexity index is 1180. The van der Waals surface area contributed by atoms with Crippen LogP contribution in [0, 0.1) is 5.41 Å². The monoisotopic (exact) mass is 384 g/mol. The van der Waals surface area contributed by atoms with Gasteiger partial charge >= 0.3 is 0 Å². The second-order valence-electron chi connectivity index (χ2n) is 8.80. The van der Waals surface area contributed by atoms with Crippen molar-refractivity contribution in [3.63, 3.8) is 0 Å². The second-order valence-corrected chi connectivity index (χ2v) is 8.80. The van der Waals surface area contributed by atoms with Gasteiger partial charge in [-0.1, -0.05) is 56.3 Å². The van der Waals surface area contributed by atoms with Crippen LogP contribution in [-0.2, 0) is 4.79 Å². The molecule has 1 aliphatic heterocycles. The van der Waals surface area contributed by atoms with Crippen LogP contribution >= 0.6 is 0 Å². The predicted octanol–water partition coefficient (Wildman–Crippen LogP) is 5.77. The molecule has 5 rings (SSSR count). The molecule has 0 saturated carbocycles. The second kappa shape index (κ2) is 6.38. The van der Waals surface area contributed by atoms with Crippen LogP contribution in [0.3, 0.4) is 0 Å². The molecule has 0 aromatic heterocycles. The number of nitrogens with one attached hydrogen (secondary N) is 2. The molecule has 1 heterocycles. The Morgan fingerprint density at radius 2 is 1.66 bits per heavy atom. The van der Waals surface area contributed by atoms with E-state index in [9.17, 15) is 9.90 Å². The number of Topliss-reactive ketones (excluding diaryl/α,β-unsaturated/α-hetero) is 1. The van der Waals surface area contributed by atoms with Crippen LogP contribution in [-0.4, -0.2) is 10.9 Å². The molecule has 1 aliphatic carbocycles. The maximum atomic E-state index is 13.4. The molecule has 3 aromatic carbocycles. The first-order chi connectivity index (χ1) is 13.9. The summed E-state index contributed by atoms with van der Waals surface area (Å²) in [5.74, 6) is 0.325. The van der Waals surface area contributed by atoms with Gasteiger partial charge in [0.05, 0.1) is 17.4 Å². The number of carbonyl (C=O) groups excluding carboxylic acids is 1. The van der Waals surface area contributed by atoms with Gasteiger partial charge in [-0.2, -0.15) is 0 Å². The Hall–Kier alpha value is -3.27. The van der Waals surface area contributed by atoms with Crippen molar-refractivity contribution in [3.8, 4) is 5.75 Å². The lowest BCUT2D eigenvalue weighted by molar-refractivity contribution is -0.118. The number of anilines is 2. The molecule has 1 atom stereocenters. The Morgan fingerprint density at radius 3 is 2.48 bits per heavy atom. The minimum Gasteiger partial charge on any atom is -0.508 e. The molecule has 146 valence electrons. The molecular weight excluding hydrogens is 360 g/mol. The zero-order valence-electron chi connectivity index (χ0n) is 16.6. The van der Waals surface area contributed by atoms with Crippen molar-refractivity contribution in [2.45, 2.75) is 32.7 Å². The smallest absolute Gasteiger partial charge is 0.163 e. The number of rotatable bonds is 1. The third kappa shape index (κ3) is 2.96. The van der Waals surface area contributed by atoms with Crippen molar-refractivity contribution >= 4 is 27.9 Å². The van der Waals surface area contributed by atoms with Crippen LogP contribution in [0.1, 0.15) is 38.3 Å². The fraction of sp³-hybridized carbons (Fsp3) is 0.240. The first-order valence-corrected chi connectivity index (χ1v) is 10.0. The minimum atomic E-state index is -0.421. The molecule has 4 nitrogen and oxygen atoms in total. The van der Waals surface area contributed by atoms with E-state index in [1.165, 1.54) is 0 Å². The number of aromatic hydroxyl groups is 1. The maximum Gasteiger partial charge on any atom is 0.163 e. The molecular formula is C25H24N2O2. The third-order valence-corrected chi connectivity index (χ3v) is 5.96. The van der Waals surface area contributed by atoms with Gasteiger partial charge in [0.1, 0.15) is 5.75 Å². The lowest BCUT2D eigenvalue weighted by Crippen LogP contribution is -2.31. The summed E-state index contributed by atoms with van der Waals surface area (Å²) in [6.45, 7) is 4.26. The van der Waals surface area contributed by atoms with Crippen molar-refractivity contribution in [2.24, 2.45) is 5.41 Å². The normalized spacial score (nSPS) is 20.3. The number of phenolic OH excluding ortho intramolecular Hbond substituents is 1. The fourth-order valence-corrected chi connectivity index (χ4v) is 4.69. The summed E-state index contributed by atoms with van der Waals surface area (Å²) < 4.78 is 0. The summed E-state index contributed by atoms with van der Waals surface area (Å²) in [7, 11) is 0. The molecule has 0 unspecified atom stereocenters. The fourth-order valence-electron chi connectivity index (χ4n) is 4.69. The highest BCUT2D eigenvalue weighted by molar-refractivity contribution is 6.02. The van der Waals surface area contributed by atoms with E-state index in [1.807, 2.05) is 54.6 Å². The molecule has 0 radical (unpaired) electrons. The van der Waals surface area contributed by atoms with Gasteiger partial charge in [0.15, 0.2) is 5.78 Å². The van der Waals surface area contributed by atoms with E-state index in [1.54, 1.807) is 6.07 Å². The third-order valence-electron chi connectivity index (χ3n) is 5.96. The molecule has 3 aromatic rings. The quantitative estimate of drug-likeness (QED) is 0.499. The maximum absolute atomic E-state index is 13.4. The number of hydrogen-bond donors (Lipinski definition) is 3. The Balaban J connectivity index is 1.79.